The van der Waals surface area contributed by atoms with Crippen molar-refractivity contribution in [2.24, 2.45) is 0 Å². The molecule has 4 nitrogen and oxygen atoms in total. The summed E-state index contributed by atoms with van der Waals surface area (Å²) in [5.41, 5.74) is 0. The number of nitrogens with one attached hydrogen (secondary N) is 2. The van der Waals surface area contributed by atoms with Gasteiger partial charge in [-0.25, -0.2) is 9.18 Å². The van der Waals surface area contributed by atoms with E-state index in [4.69, 9.17) is 4.74 Å². The number of carbonyl (C=O) groups is 1. The van der Waals surface area contributed by atoms with Gasteiger partial charge in [-0.3, -0.25) is 0 Å². The molecule has 2 N–H and O–H groups in total. The summed E-state index contributed by atoms with van der Waals surface area (Å²) in [6, 6.07) is 0. The summed E-state index contributed by atoms with van der Waals surface area (Å²) in [5.74, 6) is 0. The van der Waals surface area contributed by atoms with E-state index in [9.17, 15) is 9.18 Å². The monoisotopic (exact) mass is 176 g/mol. The average molecular weight is 176 g/mol. The summed E-state index contributed by atoms with van der Waals surface area (Å²) < 4.78 is 16.5. The van der Waals surface area contributed by atoms with Gasteiger partial charge in [-0.15, -0.1) is 0 Å². The van der Waals surface area contributed by atoms with E-state index in [0.717, 1.165) is 13.0 Å². The third kappa shape index (κ3) is 3.04. The molecule has 0 aliphatic carbocycles. The minimum Gasteiger partial charge on any atom is -0.445 e. The van der Waals surface area contributed by atoms with E-state index >= 15 is 0 Å². The number of alkyl carbamates (subject to hydrolysis) is 1. The van der Waals surface area contributed by atoms with Crippen LogP contribution in [0.15, 0.2) is 0 Å². The highest BCUT2D eigenvalue weighted by Gasteiger charge is 2.17. The van der Waals surface area contributed by atoms with E-state index in [1.54, 1.807) is 0 Å². The molecule has 1 saturated heterocycles. The van der Waals surface area contributed by atoms with Crippen molar-refractivity contribution in [3.8, 4) is 0 Å². The van der Waals surface area contributed by atoms with Gasteiger partial charge in [-0.2, -0.15) is 0 Å². The van der Waals surface area contributed by atoms with Crippen molar-refractivity contribution >= 4 is 6.09 Å². The number of hydrogen-bond acceptors (Lipinski definition) is 3. The topological polar surface area (TPSA) is 50.4 Å². The van der Waals surface area contributed by atoms with Crippen molar-refractivity contribution in [3.05, 3.63) is 0 Å². The third-order valence-corrected chi connectivity index (χ3v) is 1.65. The highest BCUT2D eigenvalue weighted by Crippen LogP contribution is 2.02. The molecule has 1 rings (SSSR count). The van der Waals surface area contributed by atoms with Crippen LogP contribution in [0.3, 0.4) is 0 Å². The number of alkyl halides is 1. The molecule has 1 heterocycles. The van der Waals surface area contributed by atoms with Crippen molar-refractivity contribution in [3.63, 3.8) is 0 Å². The van der Waals surface area contributed by atoms with Gasteiger partial charge in [0.15, 0.2) is 0 Å². The molecule has 0 spiro atoms. The molecule has 0 aromatic rings. The van der Waals surface area contributed by atoms with E-state index in [1.807, 2.05) is 0 Å². The van der Waals surface area contributed by atoms with E-state index in [-0.39, 0.29) is 12.6 Å². The molecular weight excluding hydrogens is 163 g/mol. The Hall–Kier alpha value is -0.840. The van der Waals surface area contributed by atoms with Gasteiger partial charge in [0.25, 0.3) is 0 Å². The van der Waals surface area contributed by atoms with Gasteiger partial charge in [-0.1, -0.05) is 0 Å². The molecule has 1 fully saturated rings. The molecule has 1 atom stereocenters. The van der Waals surface area contributed by atoms with Crippen molar-refractivity contribution in [1.29, 1.82) is 0 Å². The SMILES string of the molecule is O=C(NCCF)OC1CCNC1. The van der Waals surface area contributed by atoms with Crippen LogP contribution in [-0.2, 0) is 4.74 Å². The van der Waals surface area contributed by atoms with Crippen LogP contribution in [0.2, 0.25) is 0 Å². The molecule has 5 heteroatoms. The number of ether oxygens (including phenoxy) is 1. The molecule has 12 heavy (non-hydrogen) atoms. The fourth-order valence-electron chi connectivity index (χ4n) is 1.07. The standard InChI is InChI=1S/C7H13FN2O2/c8-2-4-10-7(11)12-6-1-3-9-5-6/h6,9H,1-5H2,(H,10,11). The maximum absolute atomic E-state index is 11.6. The molecule has 1 amide bonds. The molecule has 1 aliphatic rings. The number of halogens is 1. The molecule has 0 aromatic carbocycles. The van der Waals surface area contributed by atoms with E-state index < -0.39 is 12.8 Å². The van der Waals surface area contributed by atoms with Crippen LogP contribution in [0.25, 0.3) is 0 Å². The normalized spacial score (nSPS) is 22.2. The third-order valence-electron chi connectivity index (χ3n) is 1.65. The summed E-state index contributed by atoms with van der Waals surface area (Å²) in [7, 11) is 0. The van der Waals surface area contributed by atoms with Crippen LogP contribution >= 0.6 is 0 Å². The van der Waals surface area contributed by atoms with Gasteiger partial charge in [0.05, 0.1) is 0 Å². The Labute approximate surface area is 70.5 Å². The first-order valence-corrected chi connectivity index (χ1v) is 4.04. The Balaban J connectivity index is 2.08. The van der Waals surface area contributed by atoms with Gasteiger partial charge in [0.1, 0.15) is 12.8 Å². The second kappa shape index (κ2) is 4.92. The van der Waals surface area contributed by atoms with Gasteiger partial charge in [0.2, 0.25) is 0 Å². The predicted octanol–water partition coefficient (Wildman–Crippen LogP) is 0.0440. The second-order valence-corrected chi connectivity index (χ2v) is 2.64. The number of rotatable bonds is 3. The number of hydrogen-bond donors (Lipinski definition) is 2. The first-order chi connectivity index (χ1) is 5.83. The van der Waals surface area contributed by atoms with Crippen LogP contribution < -0.4 is 10.6 Å². The Kier molecular flexibility index (Phi) is 3.79. The zero-order valence-electron chi connectivity index (χ0n) is 6.81. The lowest BCUT2D eigenvalue weighted by Gasteiger charge is -2.10. The lowest BCUT2D eigenvalue weighted by Crippen LogP contribution is -2.31. The Morgan fingerprint density at radius 3 is 3.17 bits per heavy atom. The first kappa shape index (κ1) is 9.25. The first-order valence-electron chi connectivity index (χ1n) is 4.04. The van der Waals surface area contributed by atoms with Gasteiger partial charge >= 0.3 is 6.09 Å². The minimum absolute atomic E-state index is 0.0268. The molecular formula is C7H13FN2O2. The molecule has 70 valence electrons. The molecule has 0 bridgehead atoms. The second-order valence-electron chi connectivity index (χ2n) is 2.64. The van der Waals surface area contributed by atoms with Crippen LogP contribution in [0.5, 0.6) is 0 Å². The van der Waals surface area contributed by atoms with Gasteiger partial charge in [-0.05, 0) is 13.0 Å². The van der Waals surface area contributed by atoms with Crippen LogP contribution in [-0.4, -0.2) is 38.5 Å². The van der Waals surface area contributed by atoms with Gasteiger partial charge < -0.3 is 15.4 Å². The average Bonchev–Trinajstić information content (AvgIpc) is 2.53. The summed E-state index contributed by atoms with van der Waals surface area (Å²) in [6.45, 7) is 1.04. The fraction of sp³-hybridized carbons (Fsp3) is 0.857. The van der Waals surface area contributed by atoms with E-state index in [1.165, 1.54) is 0 Å². The van der Waals surface area contributed by atoms with Gasteiger partial charge in [0, 0.05) is 13.1 Å². The maximum atomic E-state index is 11.6. The largest absolute Gasteiger partial charge is 0.445 e. The highest BCUT2D eigenvalue weighted by atomic mass is 19.1. The molecule has 0 aromatic heterocycles. The Morgan fingerprint density at radius 1 is 1.75 bits per heavy atom. The number of amides is 1. The molecule has 0 saturated carbocycles. The van der Waals surface area contributed by atoms with E-state index in [2.05, 4.69) is 10.6 Å². The van der Waals surface area contributed by atoms with Crippen molar-refractivity contribution < 1.29 is 13.9 Å². The molecule has 1 aliphatic heterocycles. The quantitative estimate of drug-likeness (QED) is 0.638. The zero-order valence-corrected chi connectivity index (χ0v) is 6.81. The Bertz CT molecular complexity index is 148. The Morgan fingerprint density at radius 2 is 2.58 bits per heavy atom. The number of carbonyl (C=O) groups excluding carboxylic acids is 1. The summed E-state index contributed by atoms with van der Waals surface area (Å²) >= 11 is 0. The summed E-state index contributed by atoms with van der Waals surface area (Å²) in [5, 5.41) is 5.35. The maximum Gasteiger partial charge on any atom is 0.407 e. The minimum atomic E-state index is -0.558. The lowest BCUT2D eigenvalue weighted by atomic mass is 10.3. The van der Waals surface area contributed by atoms with Crippen molar-refractivity contribution in [1.82, 2.24) is 10.6 Å². The highest BCUT2D eigenvalue weighted by molar-refractivity contribution is 5.67. The lowest BCUT2D eigenvalue weighted by molar-refractivity contribution is 0.107. The van der Waals surface area contributed by atoms with E-state index in [0.29, 0.717) is 6.54 Å². The zero-order chi connectivity index (χ0) is 8.81. The predicted molar refractivity (Wildman–Crippen MR) is 41.7 cm³/mol. The fourth-order valence-corrected chi connectivity index (χ4v) is 1.07. The smallest absolute Gasteiger partial charge is 0.407 e. The van der Waals surface area contributed by atoms with Crippen molar-refractivity contribution in [2.45, 2.75) is 12.5 Å². The van der Waals surface area contributed by atoms with Crippen LogP contribution in [0.1, 0.15) is 6.42 Å². The van der Waals surface area contributed by atoms with Crippen molar-refractivity contribution in [2.75, 3.05) is 26.3 Å². The summed E-state index contributed by atoms with van der Waals surface area (Å²) in [4.78, 5) is 10.8. The van der Waals surface area contributed by atoms with Crippen LogP contribution in [0.4, 0.5) is 9.18 Å². The van der Waals surface area contributed by atoms with Crippen LogP contribution in [0, 0.1) is 0 Å². The molecule has 1 unspecified atom stereocenters. The summed E-state index contributed by atoms with van der Waals surface area (Å²) in [6.07, 6.45) is 0.259. The molecule has 0 radical (unpaired) electrons.